The minimum absolute atomic E-state index is 0.0351. The summed E-state index contributed by atoms with van der Waals surface area (Å²) in [7, 11) is 0. The van der Waals surface area contributed by atoms with Gasteiger partial charge < -0.3 is 10.6 Å². The fourth-order valence-electron chi connectivity index (χ4n) is 3.25. The van der Waals surface area contributed by atoms with Gasteiger partial charge in [-0.05, 0) is 37.8 Å². The maximum absolute atomic E-state index is 12.1. The van der Waals surface area contributed by atoms with E-state index in [1.165, 1.54) is 24.8 Å². The topological polar surface area (TPSA) is 41.1 Å². The summed E-state index contributed by atoms with van der Waals surface area (Å²) in [4.78, 5) is 12.1. The van der Waals surface area contributed by atoms with E-state index in [-0.39, 0.29) is 17.4 Å². The van der Waals surface area contributed by atoms with Crippen molar-refractivity contribution in [3.05, 3.63) is 35.9 Å². The first-order valence-corrected chi connectivity index (χ1v) is 7.37. The van der Waals surface area contributed by atoms with Gasteiger partial charge in [0.05, 0.1) is 6.04 Å². The van der Waals surface area contributed by atoms with Crippen LogP contribution in [-0.4, -0.2) is 25.0 Å². The van der Waals surface area contributed by atoms with Crippen molar-refractivity contribution < 1.29 is 4.79 Å². The summed E-state index contributed by atoms with van der Waals surface area (Å²) in [6, 6.07) is 10.7. The molecule has 1 aromatic rings. The Bertz CT molecular complexity index is 433. The standard InChI is InChI=1S/C16H22N2O/c19-15(14-8-4-11-17-14)18-12-16(9-5-10-16)13-6-2-1-3-7-13/h1-3,6-7,14,17H,4-5,8-12H2,(H,18,19). The van der Waals surface area contributed by atoms with E-state index >= 15 is 0 Å². The van der Waals surface area contributed by atoms with E-state index in [9.17, 15) is 4.79 Å². The van der Waals surface area contributed by atoms with Crippen molar-refractivity contribution in [2.24, 2.45) is 0 Å². The number of hydrogen-bond acceptors (Lipinski definition) is 2. The molecule has 102 valence electrons. The summed E-state index contributed by atoms with van der Waals surface area (Å²) in [6.45, 7) is 1.76. The Labute approximate surface area is 114 Å². The molecule has 1 saturated heterocycles. The molecule has 0 bridgehead atoms. The monoisotopic (exact) mass is 258 g/mol. The number of nitrogens with one attached hydrogen (secondary N) is 2. The van der Waals surface area contributed by atoms with Crippen LogP contribution in [0.2, 0.25) is 0 Å². The van der Waals surface area contributed by atoms with Crippen LogP contribution in [0, 0.1) is 0 Å². The van der Waals surface area contributed by atoms with Crippen molar-refractivity contribution in [3.8, 4) is 0 Å². The van der Waals surface area contributed by atoms with Crippen molar-refractivity contribution in [3.63, 3.8) is 0 Å². The van der Waals surface area contributed by atoms with Crippen LogP contribution in [0.15, 0.2) is 30.3 Å². The third kappa shape index (κ3) is 2.52. The first-order chi connectivity index (χ1) is 9.30. The van der Waals surface area contributed by atoms with Crippen molar-refractivity contribution in [2.45, 2.75) is 43.6 Å². The lowest BCUT2D eigenvalue weighted by Crippen LogP contribution is -2.49. The molecule has 0 radical (unpaired) electrons. The van der Waals surface area contributed by atoms with E-state index < -0.39 is 0 Å². The third-order valence-electron chi connectivity index (χ3n) is 4.67. The van der Waals surface area contributed by atoms with E-state index in [0.29, 0.717) is 0 Å². The molecule has 19 heavy (non-hydrogen) atoms. The van der Waals surface area contributed by atoms with Gasteiger partial charge in [0, 0.05) is 12.0 Å². The highest BCUT2D eigenvalue weighted by Gasteiger charge is 2.39. The van der Waals surface area contributed by atoms with Crippen LogP contribution in [0.5, 0.6) is 0 Å². The van der Waals surface area contributed by atoms with E-state index in [0.717, 1.165) is 25.9 Å². The fraction of sp³-hybridized carbons (Fsp3) is 0.562. The van der Waals surface area contributed by atoms with Crippen LogP contribution in [0.1, 0.15) is 37.7 Å². The van der Waals surface area contributed by atoms with Crippen LogP contribution < -0.4 is 10.6 Å². The largest absolute Gasteiger partial charge is 0.354 e. The molecule has 3 rings (SSSR count). The van der Waals surface area contributed by atoms with Crippen molar-refractivity contribution in [1.29, 1.82) is 0 Å². The molecule has 1 aliphatic heterocycles. The lowest BCUT2D eigenvalue weighted by Gasteiger charge is -2.42. The second-order valence-corrected chi connectivity index (χ2v) is 5.87. The zero-order chi connectivity index (χ0) is 13.1. The number of rotatable bonds is 4. The smallest absolute Gasteiger partial charge is 0.237 e. The Morgan fingerprint density at radius 3 is 2.63 bits per heavy atom. The molecular weight excluding hydrogens is 236 g/mol. The third-order valence-corrected chi connectivity index (χ3v) is 4.67. The fourth-order valence-corrected chi connectivity index (χ4v) is 3.25. The summed E-state index contributed by atoms with van der Waals surface area (Å²) < 4.78 is 0. The zero-order valence-electron chi connectivity index (χ0n) is 11.3. The van der Waals surface area contributed by atoms with Gasteiger partial charge in [0.2, 0.25) is 5.91 Å². The molecule has 2 aliphatic rings. The van der Waals surface area contributed by atoms with Crippen LogP contribution >= 0.6 is 0 Å². The molecule has 0 aromatic heterocycles. The van der Waals surface area contributed by atoms with Gasteiger partial charge in [-0.3, -0.25) is 4.79 Å². The predicted molar refractivity (Wildman–Crippen MR) is 76.0 cm³/mol. The highest BCUT2D eigenvalue weighted by molar-refractivity contribution is 5.82. The Morgan fingerprint density at radius 1 is 1.26 bits per heavy atom. The molecule has 1 aromatic carbocycles. The second-order valence-electron chi connectivity index (χ2n) is 5.87. The Kier molecular flexibility index (Phi) is 3.56. The molecule has 1 heterocycles. The molecule has 1 amide bonds. The maximum atomic E-state index is 12.1. The van der Waals surface area contributed by atoms with Gasteiger partial charge in [0.1, 0.15) is 0 Å². The molecule has 2 fully saturated rings. The van der Waals surface area contributed by atoms with E-state index in [1.807, 2.05) is 0 Å². The summed E-state index contributed by atoms with van der Waals surface area (Å²) in [6.07, 6.45) is 5.74. The predicted octanol–water partition coefficient (Wildman–Crippen LogP) is 1.98. The normalized spacial score (nSPS) is 24.7. The van der Waals surface area contributed by atoms with Crippen molar-refractivity contribution in [1.82, 2.24) is 10.6 Å². The molecule has 3 heteroatoms. The van der Waals surface area contributed by atoms with Gasteiger partial charge in [-0.2, -0.15) is 0 Å². The van der Waals surface area contributed by atoms with Gasteiger partial charge in [-0.1, -0.05) is 36.8 Å². The lowest BCUT2D eigenvalue weighted by atomic mass is 9.64. The molecule has 1 aliphatic carbocycles. The summed E-state index contributed by atoms with van der Waals surface area (Å²) >= 11 is 0. The Morgan fingerprint density at radius 2 is 2.05 bits per heavy atom. The highest BCUT2D eigenvalue weighted by Crippen LogP contribution is 2.43. The number of carbonyl (C=O) groups excluding carboxylic acids is 1. The first kappa shape index (κ1) is 12.7. The van der Waals surface area contributed by atoms with Crippen molar-refractivity contribution >= 4 is 5.91 Å². The van der Waals surface area contributed by atoms with E-state index in [2.05, 4.69) is 41.0 Å². The molecule has 2 N–H and O–H groups in total. The maximum Gasteiger partial charge on any atom is 0.237 e. The van der Waals surface area contributed by atoms with Gasteiger partial charge in [0.25, 0.3) is 0 Å². The molecule has 0 spiro atoms. The Hall–Kier alpha value is -1.35. The minimum Gasteiger partial charge on any atom is -0.354 e. The minimum atomic E-state index is 0.0351. The summed E-state index contributed by atoms with van der Waals surface area (Å²) in [5, 5.41) is 6.42. The van der Waals surface area contributed by atoms with Crippen LogP contribution in [-0.2, 0) is 10.2 Å². The van der Waals surface area contributed by atoms with Crippen LogP contribution in [0.3, 0.4) is 0 Å². The highest BCUT2D eigenvalue weighted by atomic mass is 16.2. The molecule has 1 unspecified atom stereocenters. The Balaban J connectivity index is 1.62. The SMILES string of the molecule is O=C(NCC1(c2ccccc2)CCC1)C1CCCN1. The average Bonchev–Trinajstić information content (AvgIpc) is 2.92. The molecule has 1 saturated carbocycles. The summed E-state index contributed by atoms with van der Waals surface area (Å²) in [5.74, 6) is 0.180. The van der Waals surface area contributed by atoms with Gasteiger partial charge in [-0.25, -0.2) is 0 Å². The van der Waals surface area contributed by atoms with Crippen LogP contribution in [0.4, 0.5) is 0 Å². The number of benzene rings is 1. The number of hydrogen-bond donors (Lipinski definition) is 2. The first-order valence-electron chi connectivity index (χ1n) is 7.37. The van der Waals surface area contributed by atoms with Gasteiger partial charge >= 0.3 is 0 Å². The molecular formula is C16H22N2O. The van der Waals surface area contributed by atoms with Gasteiger partial charge in [0.15, 0.2) is 0 Å². The second kappa shape index (κ2) is 5.33. The summed E-state index contributed by atoms with van der Waals surface area (Å²) in [5.41, 5.74) is 1.57. The average molecular weight is 258 g/mol. The van der Waals surface area contributed by atoms with Crippen molar-refractivity contribution in [2.75, 3.05) is 13.1 Å². The lowest BCUT2D eigenvalue weighted by molar-refractivity contribution is -0.123. The zero-order valence-corrected chi connectivity index (χ0v) is 11.3. The molecule has 3 nitrogen and oxygen atoms in total. The quantitative estimate of drug-likeness (QED) is 0.867. The van der Waals surface area contributed by atoms with E-state index in [1.54, 1.807) is 0 Å². The number of amides is 1. The molecule has 1 atom stereocenters. The van der Waals surface area contributed by atoms with Gasteiger partial charge in [-0.15, -0.1) is 0 Å². The van der Waals surface area contributed by atoms with Crippen LogP contribution in [0.25, 0.3) is 0 Å². The van der Waals surface area contributed by atoms with E-state index in [4.69, 9.17) is 0 Å². The number of carbonyl (C=O) groups is 1.